The first-order valence-electron chi connectivity index (χ1n) is 17.7. The van der Waals surface area contributed by atoms with Crippen molar-refractivity contribution in [2.45, 2.75) is 83.3 Å². The smallest absolute Gasteiger partial charge is 0.325 e. The van der Waals surface area contributed by atoms with Gasteiger partial charge in [-0.3, -0.25) is 38.4 Å². The minimum atomic E-state index is -1.58. The molecule has 6 atom stereocenters. The van der Waals surface area contributed by atoms with Crippen molar-refractivity contribution >= 4 is 47.2 Å². The number of aliphatic hydroxyl groups is 1. The van der Waals surface area contributed by atoms with Crippen LogP contribution in [-0.4, -0.2) is 115 Å². The molecule has 0 aliphatic rings. The number of nitrogens with one attached hydrogen (secondary N) is 6. The van der Waals surface area contributed by atoms with Gasteiger partial charge in [0.2, 0.25) is 29.4 Å². The summed E-state index contributed by atoms with van der Waals surface area (Å²) in [6.45, 7) is 5.15. The van der Waals surface area contributed by atoms with Crippen LogP contribution in [0.25, 0.3) is 11.1 Å². The second-order valence-corrected chi connectivity index (χ2v) is 12.9. The molecule has 0 bridgehead atoms. The lowest BCUT2D eigenvalue weighted by atomic mass is 10.0. The Labute approximate surface area is 319 Å². The van der Waals surface area contributed by atoms with Gasteiger partial charge < -0.3 is 53.2 Å². The molecular weight excluding hydrogens is 716 g/mol. The first kappa shape index (κ1) is 45.4. The molecule has 6 amide bonds. The SMILES string of the molecule is COC(=O)CNC(=O)C(=O)[C@H](C)NC(=O)[C@H](CCCCN)NC(=O)[C@H](C)NC(=O)[C@@H](NC(=O)[C@H](CN)NC(=O)c1ccc(-c2ccc(C)cc2)cc1)[C@@H](C)O. The highest BCUT2D eigenvalue weighted by atomic mass is 16.5. The van der Waals surface area contributed by atoms with Crippen molar-refractivity contribution in [3.05, 3.63) is 59.7 Å². The molecule has 2 aromatic rings. The number of hydrogen-bond donors (Lipinski definition) is 9. The van der Waals surface area contributed by atoms with Gasteiger partial charge in [-0.15, -0.1) is 0 Å². The first-order valence-corrected chi connectivity index (χ1v) is 17.7. The molecule has 0 aliphatic carbocycles. The van der Waals surface area contributed by atoms with Gasteiger partial charge in [0, 0.05) is 12.1 Å². The molecule has 0 aromatic heterocycles. The molecular formula is C37H52N8O10. The van der Waals surface area contributed by atoms with Crippen LogP contribution in [0.4, 0.5) is 0 Å². The van der Waals surface area contributed by atoms with Gasteiger partial charge in [0.1, 0.15) is 30.7 Å². The number of unbranched alkanes of at least 4 members (excludes halogenated alkanes) is 1. The minimum Gasteiger partial charge on any atom is -0.468 e. The second kappa shape index (κ2) is 22.5. The number of hydrogen-bond acceptors (Lipinski definition) is 12. The van der Waals surface area contributed by atoms with E-state index in [1.54, 1.807) is 24.3 Å². The fourth-order valence-corrected chi connectivity index (χ4v) is 5.01. The quantitative estimate of drug-likeness (QED) is 0.0381. The molecule has 2 aromatic carbocycles. The van der Waals surface area contributed by atoms with Gasteiger partial charge in [0.15, 0.2) is 0 Å². The van der Waals surface area contributed by atoms with E-state index in [1.807, 2.05) is 31.2 Å². The van der Waals surface area contributed by atoms with Crippen molar-refractivity contribution in [3.63, 3.8) is 0 Å². The molecule has 0 saturated heterocycles. The predicted octanol–water partition coefficient (Wildman–Crippen LogP) is -1.93. The number of nitrogens with two attached hydrogens (primary N) is 2. The summed E-state index contributed by atoms with van der Waals surface area (Å²) in [4.78, 5) is 101. The van der Waals surface area contributed by atoms with Gasteiger partial charge in [-0.05, 0) is 76.8 Å². The lowest BCUT2D eigenvalue weighted by molar-refractivity contribution is -0.144. The standard InChI is InChI=1S/C37H52N8O10/c1-20-9-11-24(12-10-20)25-13-15-26(16-14-25)33(50)44-28(18-39)35(52)45-30(23(4)46)36(53)42-22(3)32(49)43-27(8-6-7-17-38)34(51)41-21(2)31(48)37(54)40-19-29(47)55-5/h9-16,21-23,27-28,30,46H,6-8,17-19,38-39H2,1-5H3,(H,40,54)(H,41,51)(H,42,53)(H,43,49)(H,44,50)(H,45,52)/t21-,22-,23+,27-,28-,30-/m0/s1. The number of esters is 1. The molecule has 0 heterocycles. The molecule has 18 nitrogen and oxygen atoms in total. The molecule has 2 rings (SSSR count). The number of rotatable bonds is 21. The topological polar surface area (TPSA) is 290 Å². The number of benzene rings is 2. The van der Waals surface area contributed by atoms with E-state index >= 15 is 0 Å². The fourth-order valence-electron chi connectivity index (χ4n) is 5.01. The number of aryl methyl sites for hydroxylation is 1. The van der Waals surface area contributed by atoms with E-state index in [0.29, 0.717) is 19.4 Å². The van der Waals surface area contributed by atoms with Gasteiger partial charge in [-0.25, -0.2) is 0 Å². The van der Waals surface area contributed by atoms with Crippen LogP contribution in [0.1, 0.15) is 56.0 Å². The molecule has 0 radical (unpaired) electrons. The molecule has 300 valence electrons. The van der Waals surface area contributed by atoms with E-state index in [-0.39, 0.29) is 18.5 Å². The molecule has 55 heavy (non-hydrogen) atoms. The maximum absolute atomic E-state index is 13.2. The van der Waals surface area contributed by atoms with Crippen LogP contribution in [0.5, 0.6) is 0 Å². The highest BCUT2D eigenvalue weighted by molar-refractivity contribution is 6.38. The number of carbonyl (C=O) groups is 8. The van der Waals surface area contributed by atoms with Crippen molar-refractivity contribution in [3.8, 4) is 11.1 Å². The number of aliphatic hydroxyl groups excluding tert-OH is 1. The third-order valence-corrected chi connectivity index (χ3v) is 8.38. The van der Waals surface area contributed by atoms with Crippen LogP contribution in [0.2, 0.25) is 0 Å². The summed E-state index contributed by atoms with van der Waals surface area (Å²) >= 11 is 0. The van der Waals surface area contributed by atoms with Gasteiger partial charge in [0.25, 0.3) is 11.8 Å². The predicted molar refractivity (Wildman–Crippen MR) is 201 cm³/mol. The van der Waals surface area contributed by atoms with Gasteiger partial charge in [-0.1, -0.05) is 42.0 Å². The normalized spacial score (nSPS) is 14.0. The zero-order chi connectivity index (χ0) is 41.2. The van der Waals surface area contributed by atoms with Crippen LogP contribution in [0.3, 0.4) is 0 Å². The summed E-state index contributed by atoms with van der Waals surface area (Å²) in [7, 11) is 1.10. The fraction of sp³-hybridized carbons (Fsp3) is 0.459. The lowest BCUT2D eigenvalue weighted by Gasteiger charge is -2.26. The zero-order valence-corrected chi connectivity index (χ0v) is 31.6. The van der Waals surface area contributed by atoms with E-state index in [9.17, 15) is 43.5 Å². The van der Waals surface area contributed by atoms with E-state index < -0.39 is 90.1 Å². The monoisotopic (exact) mass is 768 g/mol. The van der Waals surface area contributed by atoms with E-state index in [1.165, 1.54) is 20.8 Å². The maximum atomic E-state index is 13.2. The van der Waals surface area contributed by atoms with Crippen LogP contribution in [0.15, 0.2) is 48.5 Å². The number of amides is 6. The van der Waals surface area contributed by atoms with Crippen LogP contribution < -0.4 is 43.4 Å². The molecule has 0 aliphatic heterocycles. The molecule has 0 unspecified atom stereocenters. The average molecular weight is 769 g/mol. The second-order valence-electron chi connectivity index (χ2n) is 12.9. The Bertz CT molecular complexity index is 1670. The molecule has 0 spiro atoms. The average Bonchev–Trinajstić information content (AvgIpc) is 3.16. The van der Waals surface area contributed by atoms with Gasteiger partial charge in [0.05, 0.1) is 19.3 Å². The summed E-state index contributed by atoms with van der Waals surface area (Å²) in [5.74, 6) is -7.05. The van der Waals surface area contributed by atoms with Crippen LogP contribution >= 0.6 is 0 Å². The highest BCUT2D eigenvalue weighted by Crippen LogP contribution is 2.20. The Balaban J connectivity index is 2.04. The minimum absolute atomic E-state index is 0.0837. The zero-order valence-electron chi connectivity index (χ0n) is 31.6. The van der Waals surface area contributed by atoms with Crippen molar-refractivity contribution in [2.75, 3.05) is 26.7 Å². The summed E-state index contributed by atoms with van der Waals surface area (Å²) in [5.41, 5.74) is 14.5. The molecule has 0 fully saturated rings. The Morgan fingerprint density at radius 2 is 1.25 bits per heavy atom. The van der Waals surface area contributed by atoms with Crippen molar-refractivity contribution in [1.29, 1.82) is 0 Å². The Morgan fingerprint density at radius 1 is 0.691 bits per heavy atom. The Hall–Kier alpha value is -5.72. The Morgan fingerprint density at radius 3 is 1.80 bits per heavy atom. The number of ketones is 1. The van der Waals surface area contributed by atoms with Crippen molar-refractivity contribution in [1.82, 2.24) is 31.9 Å². The van der Waals surface area contributed by atoms with Gasteiger partial charge >= 0.3 is 5.97 Å². The summed E-state index contributed by atoms with van der Waals surface area (Å²) in [6, 6.07) is 7.83. The molecule has 18 heteroatoms. The van der Waals surface area contributed by atoms with Gasteiger partial charge in [-0.2, -0.15) is 0 Å². The number of methoxy groups -OCH3 is 1. The summed E-state index contributed by atoms with van der Waals surface area (Å²) < 4.78 is 4.40. The first-order chi connectivity index (χ1) is 26.0. The third kappa shape index (κ3) is 14.6. The van der Waals surface area contributed by atoms with Crippen LogP contribution in [-0.2, 0) is 38.3 Å². The molecule has 11 N–H and O–H groups in total. The number of carbonyl (C=O) groups excluding carboxylic acids is 8. The lowest BCUT2D eigenvalue weighted by Crippen LogP contribution is -2.61. The highest BCUT2D eigenvalue weighted by Gasteiger charge is 2.33. The third-order valence-electron chi connectivity index (χ3n) is 8.38. The van der Waals surface area contributed by atoms with E-state index in [2.05, 4.69) is 36.6 Å². The van der Waals surface area contributed by atoms with Crippen molar-refractivity contribution in [2.24, 2.45) is 11.5 Å². The van der Waals surface area contributed by atoms with E-state index in [4.69, 9.17) is 11.5 Å². The summed E-state index contributed by atoms with van der Waals surface area (Å²) in [5, 5.41) is 24.6. The van der Waals surface area contributed by atoms with E-state index in [0.717, 1.165) is 23.8 Å². The van der Waals surface area contributed by atoms with Crippen LogP contribution in [0, 0.1) is 6.92 Å². The largest absolute Gasteiger partial charge is 0.468 e. The number of ether oxygens (including phenoxy) is 1. The number of Topliss-reactive ketones (excluding diaryl/α,β-unsaturated/α-hetero) is 1. The summed E-state index contributed by atoms with van der Waals surface area (Å²) in [6.07, 6.45) is -0.483. The maximum Gasteiger partial charge on any atom is 0.325 e. The Kier molecular flexibility index (Phi) is 18.6. The molecule has 0 saturated carbocycles. The van der Waals surface area contributed by atoms with Crippen molar-refractivity contribution < 1.29 is 48.2 Å².